The van der Waals surface area contributed by atoms with Gasteiger partial charge in [0, 0.05) is 9.81 Å². The summed E-state index contributed by atoms with van der Waals surface area (Å²) in [4.78, 5) is 1.74. The number of hydrogen-bond acceptors (Lipinski definition) is 2. The lowest BCUT2D eigenvalue weighted by atomic mass is 10.0. The molecule has 28 heavy (non-hydrogen) atoms. The molecule has 0 saturated carbocycles. The highest BCUT2D eigenvalue weighted by Crippen LogP contribution is 2.34. The average Bonchev–Trinajstić information content (AvgIpc) is 2.79. The topological polar surface area (TPSA) is 0 Å². The molecule has 0 fully saturated rings. The van der Waals surface area contributed by atoms with Crippen LogP contribution in [0.1, 0.15) is 11.1 Å². The third-order valence-corrected chi connectivity index (χ3v) is 5.90. The van der Waals surface area contributed by atoms with Crippen molar-refractivity contribution in [1.29, 1.82) is 0 Å². The summed E-state index contributed by atoms with van der Waals surface area (Å²) in [6.07, 6.45) is 0. The van der Waals surface area contributed by atoms with Gasteiger partial charge < -0.3 is 0 Å². The molecule has 4 aromatic carbocycles. The molecule has 0 heterocycles. The Bertz CT molecular complexity index is 988. The van der Waals surface area contributed by atoms with E-state index in [2.05, 4.69) is 97.1 Å². The standard InChI is InChI=1S/C26H20S2/c27-25(23-15-11-21(12-16-23)19-7-3-1-4-8-19)26(28)24-17-13-22(14-18-24)20-9-5-2-6-10-20/h1-18,27-28H/b26-25+. The molecule has 0 aliphatic heterocycles. The van der Waals surface area contributed by atoms with E-state index < -0.39 is 0 Å². The first kappa shape index (κ1) is 18.7. The molecule has 2 heteroatoms. The Morgan fingerprint density at radius 1 is 0.357 bits per heavy atom. The Morgan fingerprint density at radius 3 is 0.964 bits per heavy atom. The molecule has 0 bridgehead atoms. The molecule has 136 valence electrons. The van der Waals surface area contributed by atoms with Crippen LogP contribution >= 0.6 is 25.3 Å². The van der Waals surface area contributed by atoms with E-state index in [1.165, 1.54) is 22.3 Å². The Morgan fingerprint density at radius 2 is 0.643 bits per heavy atom. The highest BCUT2D eigenvalue weighted by molar-refractivity contribution is 7.96. The van der Waals surface area contributed by atoms with Gasteiger partial charge in [-0.15, -0.1) is 25.3 Å². The Kier molecular flexibility index (Phi) is 5.70. The van der Waals surface area contributed by atoms with Gasteiger partial charge in [-0.05, 0) is 33.4 Å². The minimum atomic E-state index is 0.871. The second-order valence-corrected chi connectivity index (χ2v) is 7.48. The second kappa shape index (κ2) is 8.55. The van der Waals surface area contributed by atoms with E-state index in [0.717, 1.165) is 20.9 Å². The molecule has 0 aliphatic rings. The minimum absolute atomic E-state index is 0.871. The molecule has 0 amide bonds. The van der Waals surface area contributed by atoms with Crippen molar-refractivity contribution in [3.63, 3.8) is 0 Å². The predicted molar refractivity (Wildman–Crippen MR) is 129 cm³/mol. The van der Waals surface area contributed by atoms with Crippen LogP contribution in [0.3, 0.4) is 0 Å². The van der Waals surface area contributed by atoms with Gasteiger partial charge in [-0.3, -0.25) is 0 Å². The normalized spacial score (nSPS) is 11.8. The number of hydrogen-bond donors (Lipinski definition) is 2. The fourth-order valence-corrected chi connectivity index (χ4v) is 3.73. The highest BCUT2D eigenvalue weighted by Gasteiger charge is 2.07. The lowest BCUT2D eigenvalue weighted by Crippen LogP contribution is -1.85. The molecule has 0 radical (unpaired) electrons. The summed E-state index contributed by atoms with van der Waals surface area (Å²) in [7, 11) is 0. The summed E-state index contributed by atoms with van der Waals surface area (Å²) in [5.74, 6) is 0. The van der Waals surface area contributed by atoms with Gasteiger partial charge in [0.1, 0.15) is 0 Å². The summed E-state index contributed by atoms with van der Waals surface area (Å²) in [5, 5.41) is 0. The van der Waals surface area contributed by atoms with Crippen molar-refractivity contribution in [2.24, 2.45) is 0 Å². The third-order valence-electron chi connectivity index (χ3n) is 4.76. The van der Waals surface area contributed by atoms with Crippen LogP contribution < -0.4 is 0 Å². The van der Waals surface area contributed by atoms with E-state index >= 15 is 0 Å². The van der Waals surface area contributed by atoms with Gasteiger partial charge in [0.15, 0.2) is 0 Å². The summed E-state index contributed by atoms with van der Waals surface area (Å²) in [6, 6.07) is 37.6. The summed E-state index contributed by atoms with van der Waals surface area (Å²) in [6.45, 7) is 0. The van der Waals surface area contributed by atoms with Crippen molar-refractivity contribution in [2.75, 3.05) is 0 Å². The number of benzene rings is 4. The molecular formula is C26H20S2. The monoisotopic (exact) mass is 396 g/mol. The fraction of sp³-hybridized carbons (Fsp3) is 0. The zero-order chi connectivity index (χ0) is 19.3. The Labute approximate surface area is 177 Å². The van der Waals surface area contributed by atoms with E-state index in [9.17, 15) is 0 Å². The number of thiol groups is 2. The maximum absolute atomic E-state index is 4.75. The van der Waals surface area contributed by atoms with Crippen LogP contribution in [0.5, 0.6) is 0 Å². The van der Waals surface area contributed by atoms with Gasteiger partial charge >= 0.3 is 0 Å². The van der Waals surface area contributed by atoms with Crippen molar-refractivity contribution in [2.45, 2.75) is 0 Å². The first-order valence-electron chi connectivity index (χ1n) is 9.16. The molecule has 0 saturated heterocycles. The maximum Gasteiger partial charge on any atom is 0.0253 e. The average molecular weight is 397 g/mol. The first-order chi connectivity index (χ1) is 13.7. The van der Waals surface area contributed by atoms with E-state index in [0.29, 0.717) is 0 Å². The molecule has 0 unspecified atom stereocenters. The minimum Gasteiger partial charge on any atom is -0.142 e. The van der Waals surface area contributed by atoms with Gasteiger partial charge in [0.25, 0.3) is 0 Å². The third kappa shape index (κ3) is 4.09. The largest absolute Gasteiger partial charge is 0.142 e. The van der Waals surface area contributed by atoms with Crippen LogP contribution in [0.15, 0.2) is 109 Å². The molecule has 4 rings (SSSR count). The molecule has 0 atom stereocenters. The van der Waals surface area contributed by atoms with Crippen LogP contribution in [0.2, 0.25) is 0 Å². The lowest BCUT2D eigenvalue weighted by Gasteiger charge is -2.09. The zero-order valence-corrected chi connectivity index (χ0v) is 17.1. The molecule has 4 aromatic rings. The summed E-state index contributed by atoms with van der Waals surface area (Å²) >= 11 is 9.49. The quantitative estimate of drug-likeness (QED) is 0.256. The Balaban J connectivity index is 1.60. The lowest BCUT2D eigenvalue weighted by molar-refractivity contribution is 1.58. The SMILES string of the molecule is S/C(=C(/S)c1ccc(-c2ccccc2)cc1)c1ccc(-c2ccccc2)cc1. The molecule has 0 aliphatic carbocycles. The van der Waals surface area contributed by atoms with Crippen molar-refractivity contribution >= 4 is 35.1 Å². The first-order valence-corrected chi connectivity index (χ1v) is 10.1. The maximum atomic E-state index is 4.75. The highest BCUT2D eigenvalue weighted by atomic mass is 32.1. The fourth-order valence-electron chi connectivity index (χ4n) is 3.18. The van der Waals surface area contributed by atoms with E-state index in [4.69, 9.17) is 25.3 Å². The molecular weight excluding hydrogens is 376 g/mol. The van der Waals surface area contributed by atoms with E-state index in [-0.39, 0.29) is 0 Å². The van der Waals surface area contributed by atoms with Crippen LogP contribution in [0.4, 0.5) is 0 Å². The van der Waals surface area contributed by atoms with Crippen molar-refractivity contribution < 1.29 is 0 Å². The van der Waals surface area contributed by atoms with E-state index in [1.54, 1.807) is 0 Å². The van der Waals surface area contributed by atoms with Gasteiger partial charge in [-0.25, -0.2) is 0 Å². The molecule has 0 nitrogen and oxygen atoms in total. The molecule has 0 aromatic heterocycles. The van der Waals surface area contributed by atoms with Crippen LogP contribution in [0, 0.1) is 0 Å². The van der Waals surface area contributed by atoms with Crippen molar-refractivity contribution in [3.8, 4) is 22.3 Å². The van der Waals surface area contributed by atoms with Crippen LogP contribution in [-0.4, -0.2) is 0 Å². The summed E-state index contributed by atoms with van der Waals surface area (Å²) < 4.78 is 0. The Hall–Kier alpha value is -2.68. The number of rotatable bonds is 4. The second-order valence-electron chi connectivity index (χ2n) is 6.58. The molecule has 0 spiro atoms. The molecule has 0 N–H and O–H groups in total. The van der Waals surface area contributed by atoms with Gasteiger partial charge in [-0.1, -0.05) is 109 Å². The smallest absolute Gasteiger partial charge is 0.0253 e. The van der Waals surface area contributed by atoms with Gasteiger partial charge in [0.05, 0.1) is 0 Å². The van der Waals surface area contributed by atoms with Crippen molar-refractivity contribution in [1.82, 2.24) is 0 Å². The summed E-state index contributed by atoms with van der Waals surface area (Å²) in [5.41, 5.74) is 6.92. The zero-order valence-electron chi connectivity index (χ0n) is 15.3. The van der Waals surface area contributed by atoms with Crippen LogP contribution in [0.25, 0.3) is 32.1 Å². The van der Waals surface area contributed by atoms with Gasteiger partial charge in [-0.2, -0.15) is 0 Å². The van der Waals surface area contributed by atoms with Gasteiger partial charge in [0.2, 0.25) is 0 Å². The predicted octanol–water partition coefficient (Wildman–Crippen LogP) is 7.71. The van der Waals surface area contributed by atoms with Crippen LogP contribution in [-0.2, 0) is 0 Å². The van der Waals surface area contributed by atoms with Crippen molar-refractivity contribution in [3.05, 3.63) is 120 Å². The van der Waals surface area contributed by atoms with E-state index in [1.807, 2.05) is 12.1 Å².